The number of hydrogen-bond acceptors (Lipinski definition) is 2. The molecule has 1 aliphatic rings. The van der Waals surface area contributed by atoms with Gasteiger partial charge in [-0.1, -0.05) is 13.8 Å². The fraction of sp³-hybridized carbons (Fsp3) is 1.00. The molecule has 1 atom stereocenters. The van der Waals surface area contributed by atoms with Crippen LogP contribution in [0.2, 0.25) is 0 Å². The van der Waals surface area contributed by atoms with Crippen LogP contribution in [0.3, 0.4) is 0 Å². The summed E-state index contributed by atoms with van der Waals surface area (Å²) in [6.45, 7) is 10.8. The molecule has 0 aliphatic carbocycles. The highest BCUT2D eigenvalue weighted by molar-refractivity contribution is 4.70. The standard InChI is InChI=1S/C12H26N2/c1-3-9-14(4-2)10-7-12-6-5-8-13-11-12/h12-13H,3-11H2,1-2H3. The van der Waals surface area contributed by atoms with Crippen LogP contribution in [0.1, 0.15) is 39.5 Å². The highest BCUT2D eigenvalue weighted by Crippen LogP contribution is 2.14. The normalized spacial score (nSPS) is 22.9. The van der Waals surface area contributed by atoms with Crippen LogP contribution in [0.15, 0.2) is 0 Å². The molecular weight excluding hydrogens is 172 g/mol. The van der Waals surface area contributed by atoms with Crippen LogP contribution in [0, 0.1) is 5.92 Å². The Labute approximate surface area is 89.1 Å². The van der Waals surface area contributed by atoms with E-state index in [4.69, 9.17) is 0 Å². The molecule has 0 aromatic carbocycles. The second-order valence-corrected chi connectivity index (χ2v) is 4.44. The van der Waals surface area contributed by atoms with Crippen LogP contribution in [0.5, 0.6) is 0 Å². The van der Waals surface area contributed by atoms with Gasteiger partial charge in [0.2, 0.25) is 0 Å². The first-order valence-corrected chi connectivity index (χ1v) is 6.29. The van der Waals surface area contributed by atoms with E-state index in [0.717, 1.165) is 5.92 Å². The molecule has 84 valence electrons. The van der Waals surface area contributed by atoms with Gasteiger partial charge in [0, 0.05) is 0 Å². The Bertz CT molecular complexity index is 126. The van der Waals surface area contributed by atoms with Crippen molar-refractivity contribution >= 4 is 0 Å². The van der Waals surface area contributed by atoms with Gasteiger partial charge in [-0.05, 0) is 64.3 Å². The average molecular weight is 198 g/mol. The smallest absolute Gasteiger partial charge is 0.00157 e. The average Bonchev–Trinajstić information content (AvgIpc) is 2.25. The molecule has 0 bridgehead atoms. The van der Waals surface area contributed by atoms with Crippen molar-refractivity contribution in [3.05, 3.63) is 0 Å². The van der Waals surface area contributed by atoms with Gasteiger partial charge < -0.3 is 10.2 Å². The maximum atomic E-state index is 3.49. The van der Waals surface area contributed by atoms with E-state index in [9.17, 15) is 0 Å². The van der Waals surface area contributed by atoms with Crippen molar-refractivity contribution in [3.63, 3.8) is 0 Å². The lowest BCUT2D eigenvalue weighted by Gasteiger charge is -2.26. The Balaban J connectivity index is 2.10. The van der Waals surface area contributed by atoms with Gasteiger partial charge in [-0.15, -0.1) is 0 Å². The molecule has 0 spiro atoms. The van der Waals surface area contributed by atoms with Gasteiger partial charge >= 0.3 is 0 Å². The van der Waals surface area contributed by atoms with Gasteiger partial charge in [0.25, 0.3) is 0 Å². The minimum atomic E-state index is 0.939. The van der Waals surface area contributed by atoms with Crippen molar-refractivity contribution in [2.75, 3.05) is 32.7 Å². The molecule has 2 heteroatoms. The first-order valence-electron chi connectivity index (χ1n) is 6.29. The van der Waals surface area contributed by atoms with Crippen LogP contribution in [-0.4, -0.2) is 37.6 Å². The molecule has 1 aliphatic heterocycles. The monoisotopic (exact) mass is 198 g/mol. The molecule has 1 saturated heterocycles. The number of hydrogen-bond donors (Lipinski definition) is 1. The van der Waals surface area contributed by atoms with Gasteiger partial charge in [-0.3, -0.25) is 0 Å². The Hall–Kier alpha value is -0.0800. The van der Waals surface area contributed by atoms with Gasteiger partial charge in [0.1, 0.15) is 0 Å². The Morgan fingerprint density at radius 1 is 1.29 bits per heavy atom. The molecule has 1 unspecified atom stereocenters. The second kappa shape index (κ2) is 7.24. The van der Waals surface area contributed by atoms with Crippen molar-refractivity contribution in [2.24, 2.45) is 5.92 Å². The lowest BCUT2D eigenvalue weighted by Crippen LogP contribution is -2.33. The zero-order valence-electron chi connectivity index (χ0n) is 9.89. The Morgan fingerprint density at radius 3 is 2.71 bits per heavy atom. The van der Waals surface area contributed by atoms with Crippen LogP contribution in [0.25, 0.3) is 0 Å². The fourth-order valence-corrected chi connectivity index (χ4v) is 2.28. The number of piperidine rings is 1. The largest absolute Gasteiger partial charge is 0.316 e. The summed E-state index contributed by atoms with van der Waals surface area (Å²) in [4.78, 5) is 2.58. The van der Waals surface area contributed by atoms with E-state index in [1.165, 1.54) is 58.4 Å². The summed E-state index contributed by atoms with van der Waals surface area (Å²) in [5, 5.41) is 3.49. The summed E-state index contributed by atoms with van der Waals surface area (Å²) >= 11 is 0. The molecule has 1 heterocycles. The summed E-state index contributed by atoms with van der Waals surface area (Å²) in [5.74, 6) is 0.939. The summed E-state index contributed by atoms with van der Waals surface area (Å²) in [7, 11) is 0. The van der Waals surface area contributed by atoms with E-state index in [0.29, 0.717) is 0 Å². The molecule has 0 saturated carbocycles. The maximum absolute atomic E-state index is 3.49. The quantitative estimate of drug-likeness (QED) is 0.703. The zero-order chi connectivity index (χ0) is 10.2. The van der Waals surface area contributed by atoms with E-state index in [1.807, 2.05) is 0 Å². The molecule has 1 rings (SSSR count). The van der Waals surface area contributed by atoms with Gasteiger partial charge in [0.05, 0.1) is 0 Å². The van der Waals surface area contributed by atoms with Crippen molar-refractivity contribution in [1.29, 1.82) is 0 Å². The predicted octanol–water partition coefficient (Wildman–Crippen LogP) is 2.11. The van der Waals surface area contributed by atoms with Crippen molar-refractivity contribution < 1.29 is 0 Å². The third kappa shape index (κ3) is 4.43. The van der Waals surface area contributed by atoms with Gasteiger partial charge in [-0.2, -0.15) is 0 Å². The molecule has 14 heavy (non-hydrogen) atoms. The van der Waals surface area contributed by atoms with E-state index >= 15 is 0 Å². The van der Waals surface area contributed by atoms with E-state index in [-0.39, 0.29) is 0 Å². The summed E-state index contributed by atoms with van der Waals surface area (Å²) in [6.07, 6.45) is 5.50. The predicted molar refractivity (Wildman–Crippen MR) is 62.6 cm³/mol. The first-order chi connectivity index (χ1) is 6.86. The SMILES string of the molecule is CCCN(CC)CCC1CCCNC1. The van der Waals surface area contributed by atoms with Crippen molar-refractivity contribution in [3.8, 4) is 0 Å². The Kier molecular flexibility index (Phi) is 6.20. The van der Waals surface area contributed by atoms with Crippen molar-refractivity contribution in [1.82, 2.24) is 10.2 Å². The van der Waals surface area contributed by atoms with Gasteiger partial charge in [0.15, 0.2) is 0 Å². The summed E-state index contributed by atoms with van der Waals surface area (Å²) in [6, 6.07) is 0. The van der Waals surface area contributed by atoms with Crippen molar-refractivity contribution in [2.45, 2.75) is 39.5 Å². The lowest BCUT2D eigenvalue weighted by molar-refractivity contribution is 0.246. The van der Waals surface area contributed by atoms with Crippen LogP contribution in [0.4, 0.5) is 0 Å². The molecule has 0 aromatic heterocycles. The van der Waals surface area contributed by atoms with Crippen LogP contribution >= 0.6 is 0 Å². The first kappa shape index (κ1) is 12.0. The fourth-order valence-electron chi connectivity index (χ4n) is 2.28. The second-order valence-electron chi connectivity index (χ2n) is 4.44. The topological polar surface area (TPSA) is 15.3 Å². The van der Waals surface area contributed by atoms with E-state index < -0.39 is 0 Å². The minimum Gasteiger partial charge on any atom is -0.316 e. The van der Waals surface area contributed by atoms with Crippen LogP contribution in [-0.2, 0) is 0 Å². The molecule has 2 nitrogen and oxygen atoms in total. The van der Waals surface area contributed by atoms with Crippen LogP contribution < -0.4 is 5.32 Å². The van der Waals surface area contributed by atoms with E-state index in [2.05, 4.69) is 24.1 Å². The lowest BCUT2D eigenvalue weighted by atomic mass is 9.96. The Morgan fingerprint density at radius 2 is 2.14 bits per heavy atom. The third-order valence-electron chi connectivity index (χ3n) is 3.24. The molecule has 0 aromatic rings. The molecule has 0 amide bonds. The number of rotatable bonds is 6. The highest BCUT2D eigenvalue weighted by atomic mass is 15.1. The molecule has 1 fully saturated rings. The van der Waals surface area contributed by atoms with E-state index in [1.54, 1.807) is 0 Å². The number of nitrogens with zero attached hydrogens (tertiary/aromatic N) is 1. The minimum absolute atomic E-state index is 0.939. The molecule has 1 N–H and O–H groups in total. The summed E-state index contributed by atoms with van der Waals surface area (Å²) in [5.41, 5.74) is 0. The zero-order valence-corrected chi connectivity index (χ0v) is 9.89. The molecular formula is C12H26N2. The maximum Gasteiger partial charge on any atom is -0.00157 e. The highest BCUT2D eigenvalue weighted by Gasteiger charge is 2.13. The summed E-state index contributed by atoms with van der Waals surface area (Å²) < 4.78 is 0. The third-order valence-corrected chi connectivity index (χ3v) is 3.24. The van der Waals surface area contributed by atoms with Gasteiger partial charge in [-0.25, -0.2) is 0 Å². The molecule has 0 radical (unpaired) electrons. The number of nitrogens with one attached hydrogen (secondary N) is 1.